The number of oxime groups is 1. The molecule has 1 aromatic carbocycles. The molecule has 1 aromatic heterocycles. The van der Waals surface area contributed by atoms with Gasteiger partial charge in [0.15, 0.2) is 11.6 Å². The van der Waals surface area contributed by atoms with Crippen molar-refractivity contribution >= 4 is 17.5 Å². The molecule has 1 aliphatic carbocycles. The number of amides is 2. The van der Waals surface area contributed by atoms with E-state index in [1.807, 2.05) is 0 Å². The lowest BCUT2D eigenvalue weighted by molar-refractivity contribution is -0.126. The Bertz CT molecular complexity index is 1170. The van der Waals surface area contributed by atoms with Crippen LogP contribution in [0.15, 0.2) is 29.4 Å². The van der Waals surface area contributed by atoms with Gasteiger partial charge in [0.1, 0.15) is 23.3 Å². The minimum Gasteiger partial charge on any atom is -0.494 e. The van der Waals surface area contributed by atoms with E-state index in [4.69, 9.17) is 14.7 Å². The molecule has 2 aliphatic rings. The maximum Gasteiger partial charge on any atom is 0.270 e. The minimum atomic E-state index is -0.469. The summed E-state index contributed by atoms with van der Waals surface area (Å²) in [6.07, 6.45) is 3.73. The Kier molecular flexibility index (Phi) is 8.65. The third-order valence-electron chi connectivity index (χ3n) is 6.81. The highest BCUT2D eigenvalue weighted by atomic mass is 19.1. The lowest BCUT2D eigenvalue weighted by atomic mass is 9.78. The molecule has 0 radical (unpaired) electrons. The number of aliphatic hydroxyl groups is 1. The van der Waals surface area contributed by atoms with Crippen LogP contribution >= 0.6 is 0 Å². The first-order chi connectivity index (χ1) is 17.9. The van der Waals surface area contributed by atoms with Gasteiger partial charge in [-0.15, -0.1) is 0 Å². The molecule has 10 nitrogen and oxygen atoms in total. The number of halogens is 1. The lowest BCUT2D eigenvalue weighted by Gasteiger charge is -2.30. The molecule has 0 spiro atoms. The fourth-order valence-electron chi connectivity index (χ4n) is 4.80. The number of hydrogen-bond acceptors (Lipinski definition) is 8. The van der Waals surface area contributed by atoms with Crippen LogP contribution in [0.5, 0.6) is 5.75 Å². The molecular weight excluding hydrogens is 481 g/mol. The summed E-state index contributed by atoms with van der Waals surface area (Å²) in [6, 6.07) is 6.00. The summed E-state index contributed by atoms with van der Waals surface area (Å²) in [6.45, 7) is 2.11. The summed E-state index contributed by atoms with van der Waals surface area (Å²) in [4.78, 5) is 39.4. The number of benzene rings is 1. The van der Waals surface area contributed by atoms with Crippen molar-refractivity contribution in [2.45, 2.75) is 51.7 Å². The van der Waals surface area contributed by atoms with Gasteiger partial charge in [-0.25, -0.2) is 14.4 Å². The molecule has 1 aliphatic heterocycles. The van der Waals surface area contributed by atoms with Crippen LogP contribution in [0, 0.1) is 24.6 Å². The number of carbonyl (C=O) groups excluding carboxylic acids is 2. The highest BCUT2D eigenvalue weighted by Crippen LogP contribution is 2.35. The molecule has 1 fully saturated rings. The lowest BCUT2D eigenvalue weighted by Crippen LogP contribution is -2.36. The maximum atomic E-state index is 13.6. The van der Waals surface area contributed by atoms with Crippen molar-refractivity contribution in [1.82, 2.24) is 20.6 Å². The van der Waals surface area contributed by atoms with E-state index in [0.29, 0.717) is 29.2 Å². The molecule has 0 bridgehead atoms. The largest absolute Gasteiger partial charge is 0.494 e. The average molecular weight is 514 g/mol. The molecule has 2 amide bonds. The minimum absolute atomic E-state index is 0.00221. The van der Waals surface area contributed by atoms with E-state index in [-0.39, 0.29) is 60.9 Å². The van der Waals surface area contributed by atoms with Crippen LogP contribution in [-0.4, -0.2) is 59.0 Å². The quantitative estimate of drug-likeness (QED) is 0.468. The van der Waals surface area contributed by atoms with Crippen molar-refractivity contribution in [3.05, 3.63) is 52.9 Å². The van der Waals surface area contributed by atoms with Crippen molar-refractivity contribution in [3.8, 4) is 5.75 Å². The zero-order valence-electron chi connectivity index (χ0n) is 21.0. The molecule has 2 aromatic rings. The van der Waals surface area contributed by atoms with E-state index in [0.717, 1.165) is 25.7 Å². The van der Waals surface area contributed by atoms with Gasteiger partial charge < -0.3 is 25.3 Å². The zero-order chi connectivity index (χ0) is 26.4. The maximum absolute atomic E-state index is 13.6. The summed E-state index contributed by atoms with van der Waals surface area (Å²) in [5.41, 5.74) is 2.10. The summed E-state index contributed by atoms with van der Waals surface area (Å²) in [7, 11) is 1.39. The van der Waals surface area contributed by atoms with Crippen LogP contribution in [-0.2, 0) is 16.2 Å². The topological polar surface area (TPSA) is 135 Å². The van der Waals surface area contributed by atoms with Crippen molar-refractivity contribution in [3.63, 3.8) is 0 Å². The number of rotatable bonds is 9. The Morgan fingerprint density at radius 2 is 1.95 bits per heavy atom. The monoisotopic (exact) mass is 513 g/mol. The van der Waals surface area contributed by atoms with Gasteiger partial charge in [-0.3, -0.25) is 9.59 Å². The molecule has 1 atom stereocenters. The number of aliphatic hydroxyl groups excluding tert-OH is 1. The van der Waals surface area contributed by atoms with Gasteiger partial charge in [0.2, 0.25) is 5.91 Å². The smallest absolute Gasteiger partial charge is 0.270 e. The van der Waals surface area contributed by atoms with E-state index in [9.17, 15) is 14.0 Å². The number of aromatic nitrogens is 2. The molecule has 1 unspecified atom stereocenters. The predicted octanol–water partition coefficient (Wildman–Crippen LogP) is 2.27. The van der Waals surface area contributed by atoms with Crippen LogP contribution in [0.4, 0.5) is 4.39 Å². The first-order valence-corrected chi connectivity index (χ1v) is 12.5. The molecule has 0 saturated heterocycles. The van der Waals surface area contributed by atoms with Gasteiger partial charge in [0, 0.05) is 25.4 Å². The Morgan fingerprint density at radius 1 is 1.16 bits per heavy atom. The molecule has 2 heterocycles. The van der Waals surface area contributed by atoms with Gasteiger partial charge >= 0.3 is 0 Å². The highest BCUT2D eigenvalue weighted by molar-refractivity contribution is 6.02. The molecule has 3 N–H and O–H groups in total. The highest BCUT2D eigenvalue weighted by Gasteiger charge is 2.35. The second-order valence-corrected chi connectivity index (χ2v) is 9.35. The number of nitrogens with one attached hydrogen (secondary N) is 2. The van der Waals surface area contributed by atoms with Crippen LogP contribution in [0.25, 0.3) is 0 Å². The Morgan fingerprint density at radius 3 is 2.68 bits per heavy atom. The third kappa shape index (κ3) is 6.59. The van der Waals surface area contributed by atoms with Crippen LogP contribution in [0.3, 0.4) is 0 Å². The number of methoxy groups -OCH3 is 1. The van der Waals surface area contributed by atoms with Gasteiger partial charge in [0.05, 0.1) is 19.4 Å². The molecule has 37 heavy (non-hydrogen) atoms. The van der Waals surface area contributed by atoms with Gasteiger partial charge in [-0.1, -0.05) is 11.2 Å². The standard InChI is InChI=1S/C26H32FN5O5/c1-15-30-20(12-22(31-15)26(35)29-14-16-3-8-19(27)24(11-16)36-2)21-13-23(37-32-21)17-4-6-18(7-5-17)25(34)28-9-10-33/h3,8,11-12,17-18,23,33H,4-7,9-10,13-14H2,1-2H3,(H,28,34)(H,29,35)/t17-,18-,23?. The molecule has 11 heteroatoms. The van der Waals surface area contributed by atoms with E-state index >= 15 is 0 Å². The Labute approximate surface area is 214 Å². The van der Waals surface area contributed by atoms with Gasteiger partial charge in [-0.2, -0.15) is 0 Å². The van der Waals surface area contributed by atoms with Crippen molar-refractivity contribution < 1.29 is 28.7 Å². The first kappa shape index (κ1) is 26.5. The molecule has 1 saturated carbocycles. The number of aryl methyl sites for hydroxylation is 1. The SMILES string of the molecule is COc1cc(CNC(=O)c2cc(C3=NOC([C@H]4CC[C@H](C(=O)NCCO)CC4)C3)nc(C)n2)ccc1F. The fraction of sp³-hybridized carbons (Fsp3) is 0.500. The second-order valence-electron chi connectivity index (χ2n) is 9.35. The summed E-state index contributed by atoms with van der Waals surface area (Å²) in [5, 5.41) is 18.7. The molecular formula is C26H32FN5O5. The number of carbonyl (C=O) groups is 2. The van der Waals surface area contributed by atoms with Crippen molar-refractivity contribution in [2.75, 3.05) is 20.3 Å². The van der Waals surface area contributed by atoms with Gasteiger partial charge in [0.25, 0.3) is 5.91 Å². The Hall–Kier alpha value is -3.60. The van der Waals surface area contributed by atoms with E-state index in [1.165, 1.54) is 19.2 Å². The summed E-state index contributed by atoms with van der Waals surface area (Å²) in [5.74, 6) is -0.0665. The summed E-state index contributed by atoms with van der Waals surface area (Å²) < 4.78 is 18.6. The first-order valence-electron chi connectivity index (χ1n) is 12.5. The van der Waals surface area contributed by atoms with E-state index in [1.54, 1.807) is 19.1 Å². The van der Waals surface area contributed by atoms with Crippen LogP contribution in [0.1, 0.15) is 59.7 Å². The normalized spacial score (nSPS) is 21.1. The second kappa shape index (κ2) is 12.1. The molecule has 198 valence electrons. The zero-order valence-corrected chi connectivity index (χ0v) is 21.0. The fourth-order valence-corrected chi connectivity index (χ4v) is 4.80. The number of nitrogens with zero attached hydrogens (tertiary/aromatic N) is 3. The number of hydrogen-bond donors (Lipinski definition) is 3. The van der Waals surface area contributed by atoms with Gasteiger partial charge in [-0.05, 0) is 62.3 Å². The Balaban J connectivity index is 1.33. The van der Waals surface area contributed by atoms with E-state index < -0.39 is 5.82 Å². The van der Waals surface area contributed by atoms with E-state index in [2.05, 4.69) is 25.8 Å². The average Bonchev–Trinajstić information content (AvgIpc) is 3.41. The van der Waals surface area contributed by atoms with Crippen molar-refractivity contribution in [2.24, 2.45) is 17.0 Å². The molecule has 4 rings (SSSR count). The number of ether oxygens (including phenoxy) is 1. The van der Waals surface area contributed by atoms with Crippen molar-refractivity contribution in [1.29, 1.82) is 0 Å². The third-order valence-corrected chi connectivity index (χ3v) is 6.81. The predicted molar refractivity (Wildman–Crippen MR) is 132 cm³/mol. The van der Waals surface area contributed by atoms with Crippen LogP contribution < -0.4 is 15.4 Å². The summed E-state index contributed by atoms with van der Waals surface area (Å²) >= 11 is 0. The van der Waals surface area contributed by atoms with Crippen LogP contribution in [0.2, 0.25) is 0 Å².